The Labute approximate surface area is 73.9 Å². The molecule has 4 nitrogen and oxygen atoms in total. The second kappa shape index (κ2) is 3.30. The molecule has 0 spiro atoms. The molecule has 0 amide bonds. The third kappa shape index (κ3) is 1.61. The zero-order valence-corrected chi connectivity index (χ0v) is 7.74. The van der Waals surface area contributed by atoms with Gasteiger partial charge in [-0.15, -0.1) is 0 Å². The van der Waals surface area contributed by atoms with Gasteiger partial charge in [-0.25, -0.2) is 5.01 Å². The molecule has 2 N–H and O–H groups in total. The maximum absolute atomic E-state index is 5.78. The Balaban J connectivity index is 1.94. The fraction of sp³-hybridized carbons (Fsp3) is 1.00. The van der Waals surface area contributed by atoms with E-state index in [-0.39, 0.29) is 0 Å². The van der Waals surface area contributed by atoms with Crippen LogP contribution < -0.4 is 5.84 Å². The zero-order valence-electron chi connectivity index (χ0n) is 7.74. The third-order valence-electron chi connectivity index (χ3n) is 2.93. The van der Waals surface area contributed by atoms with E-state index in [0.29, 0.717) is 6.04 Å². The number of rotatable bonds is 0. The van der Waals surface area contributed by atoms with E-state index in [4.69, 9.17) is 5.84 Å². The van der Waals surface area contributed by atoms with E-state index in [2.05, 4.69) is 16.8 Å². The molecule has 0 aromatic rings. The highest BCUT2D eigenvalue weighted by atomic mass is 15.5. The highest BCUT2D eigenvalue weighted by Gasteiger charge is 2.29. The van der Waals surface area contributed by atoms with Gasteiger partial charge in [-0.1, -0.05) is 0 Å². The number of fused-ring (bicyclic) bond motifs is 1. The number of nitrogens with zero attached hydrogens (tertiary/aromatic N) is 3. The van der Waals surface area contributed by atoms with Crippen molar-refractivity contribution in [2.75, 3.05) is 46.3 Å². The lowest BCUT2D eigenvalue weighted by atomic mass is 10.1. The molecule has 2 aliphatic rings. The van der Waals surface area contributed by atoms with Crippen LogP contribution in [0.15, 0.2) is 0 Å². The van der Waals surface area contributed by atoms with Crippen LogP contribution in [0.5, 0.6) is 0 Å². The van der Waals surface area contributed by atoms with Gasteiger partial charge in [0.1, 0.15) is 0 Å². The monoisotopic (exact) mass is 170 g/mol. The van der Waals surface area contributed by atoms with Gasteiger partial charge in [0.05, 0.1) is 0 Å². The quantitative estimate of drug-likeness (QED) is 0.463. The molecule has 70 valence electrons. The molecule has 0 radical (unpaired) electrons. The molecule has 2 fully saturated rings. The third-order valence-corrected chi connectivity index (χ3v) is 2.93. The van der Waals surface area contributed by atoms with Crippen LogP contribution in [0.2, 0.25) is 0 Å². The second-order valence-electron chi connectivity index (χ2n) is 3.95. The molecular weight excluding hydrogens is 152 g/mol. The van der Waals surface area contributed by atoms with Gasteiger partial charge in [0.15, 0.2) is 0 Å². The Morgan fingerprint density at radius 3 is 2.67 bits per heavy atom. The first-order valence-corrected chi connectivity index (χ1v) is 4.68. The van der Waals surface area contributed by atoms with Crippen molar-refractivity contribution in [2.45, 2.75) is 6.04 Å². The maximum Gasteiger partial charge on any atom is 0.0365 e. The van der Waals surface area contributed by atoms with Crippen molar-refractivity contribution in [1.29, 1.82) is 0 Å². The minimum Gasteiger partial charge on any atom is -0.303 e. The van der Waals surface area contributed by atoms with Gasteiger partial charge < -0.3 is 4.90 Å². The summed E-state index contributed by atoms with van der Waals surface area (Å²) in [5.41, 5.74) is 0. The average Bonchev–Trinajstić information content (AvgIpc) is 2.03. The summed E-state index contributed by atoms with van der Waals surface area (Å²) in [5, 5.41) is 1.94. The number of nitrogens with two attached hydrogens (primary N) is 1. The van der Waals surface area contributed by atoms with Gasteiger partial charge in [-0.05, 0) is 7.05 Å². The molecule has 0 aromatic heterocycles. The Morgan fingerprint density at radius 2 is 1.83 bits per heavy atom. The van der Waals surface area contributed by atoms with Crippen LogP contribution in [0.1, 0.15) is 0 Å². The summed E-state index contributed by atoms with van der Waals surface area (Å²) >= 11 is 0. The minimum atomic E-state index is 0.669. The van der Waals surface area contributed by atoms with Crippen molar-refractivity contribution in [3.63, 3.8) is 0 Å². The summed E-state index contributed by atoms with van der Waals surface area (Å²) in [6.07, 6.45) is 0. The lowest BCUT2D eigenvalue weighted by Crippen LogP contribution is -2.62. The SMILES string of the molecule is CN1CCN2CCN(N)CC2C1. The fourth-order valence-corrected chi connectivity index (χ4v) is 2.13. The number of likely N-dealkylation sites (N-methyl/N-ethyl adjacent to an activating group) is 1. The van der Waals surface area contributed by atoms with Gasteiger partial charge >= 0.3 is 0 Å². The van der Waals surface area contributed by atoms with Gasteiger partial charge in [0, 0.05) is 45.3 Å². The van der Waals surface area contributed by atoms with E-state index in [9.17, 15) is 0 Å². The Kier molecular flexibility index (Phi) is 2.32. The molecule has 0 bridgehead atoms. The summed E-state index contributed by atoms with van der Waals surface area (Å²) in [4.78, 5) is 4.95. The molecule has 2 rings (SSSR count). The minimum absolute atomic E-state index is 0.669. The van der Waals surface area contributed by atoms with Crippen LogP contribution in [0, 0.1) is 0 Å². The lowest BCUT2D eigenvalue weighted by molar-refractivity contribution is 0.0202. The molecular formula is C8H18N4. The maximum atomic E-state index is 5.78. The predicted molar refractivity (Wildman–Crippen MR) is 48.6 cm³/mol. The zero-order chi connectivity index (χ0) is 8.55. The standard InChI is InChI=1S/C8H18N4/c1-10-2-3-11-4-5-12(9)7-8(11)6-10/h8H,2-7,9H2,1H3. The summed E-state index contributed by atoms with van der Waals surface area (Å²) in [6.45, 7) is 6.81. The van der Waals surface area contributed by atoms with Crippen LogP contribution in [0.4, 0.5) is 0 Å². The topological polar surface area (TPSA) is 35.7 Å². The van der Waals surface area contributed by atoms with Crippen molar-refractivity contribution in [1.82, 2.24) is 14.8 Å². The van der Waals surface area contributed by atoms with Gasteiger partial charge in [0.2, 0.25) is 0 Å². The van der Waals surface area contributed by atoms with Crippen LogP contribution in [-0.4, -0.2) is 67.2 Å². The van der Waals surface area contributed by atoms with E-state index in [1.807, 2.05) is 5.01 Å². The number of hydrogen-bond acceptors (Lipinski definition) is 4. The molecule has 0 aliphatic carbocycles. The van der Waals surface area contributed by atoms with E-state index < -0.39 is 0 Å². The lowest BCUT2D eigenvalue weighted by Gasteiger charge is -2.45. The summed E-state index contributed by atoms with van der Waals surface area (Å²) in [6, 6.07) is 0.669. The Hall–Kier alpha value is -0.160. The highest BCUT2D eigenvalue weighted by molar-refractivity contribution is 4.86. The second-order valence-corrected chi connectivity index (χ2v) is 3.95. The van der Waals surface area contributed by atoms with Crippen LogP contribution >= 0.6 is 0 Å². The van der Waals surface area contributed by atoms with Crippen molar-refractivity contribution in [3.8, 4) is 0 Å². The first-order chi connectivity index (χ1) is 5.75. The van der Waals surface area contributed by atoms with Gasteiger partial charge in [-0.2, -0.15) is 0 Å². The first kappa shape index (κ1) is 8.44. The molecule has 12 heavy (non-hydrogen) atoms. The number of hydrazine groups is 1. The van der Waals surface area contributed by atoms with Crippen molar-refractivity contribution in [3.05, 3.63) is 0 Å². The number of piperazine rings is 2. The Morgan fingerprint density at radius 1 is 1.08 bits per heavy atom. The molecule has 2 saturated heterocycles. The molecule has 2 heterocycles. The van der Waals surface area contributed by atoms with E-state index in [0.717, 1.165) is 19.6 Å². The van der Waals surface area contributed by atoms with Crippen LogP contribution in [-0.2, 0) is 0 Å². The molecule has 4 heteroatoms. The molecule has 2 aliphatic heterocycles. The molecule has 0 aromatic carbocycles. The molecule has 1 unspecified atom stereocenters. The average molecular weight is 170 g/mol. The Bertz CT molecular complexity index is 145. The first-order valence-electron chi connectivity index (χ1n) is 4.68. The van der Waals surface area contributed by atoms with Gasteiger partial charge in [0.25, 0.3) is 0 Å². The van der Waals surface area contributed by atoms with Crippen molar-refractivity contribution >= 4 is 0 Å². The van der Waals surface area contributed by atoms with Crippen LogP contribution in [0.25, 0.3) is 0 Å². The van der Waals surface area contributed by atoms with Crippen molar-refractivity contribution < 1.29 is 0 Å². The summed E-state index contributed by atoms with van der Waals surface area (Å²) in [5.74, 6) is 5.78. The van der Waals surface area contributed by atoms with E-state index in [1.165, 1.54) is 19.6 Å². The van der Waals surface area contributed by atoms with Crippen LogP contribution in [0.3, 0.4) is 0 Å². The highest BCUT2D eigenvalue weighted by Crippen LogP contribution is 2.12. The molecule has 0 saturated carbocycles. The predicted octanol–water partition coefficient (Wildman–Crippen LogP) is -1.21. The largest absolute Gasteiger partial charge is 0.303 e. The number of hydrogen-bond donors (Lipinski definition) is 1. The van der Waals surface area contributed by atoms with E-state index in [1.54, 1.807) is 0 Å². The normalized spacial score (nSPS) is 35.0. The summed E-state index contributed by atoms with van der Waals surface area (Å²) in [7, 11) is 2.19. The molecule has 1 atom stereocenters. The van der Waals surface area contributed by atoms with Crippen molar-refractivity contribution in [2.24, 2.45) is 5.84 Å². The van der Waals surface area contributed by atoms with E-state index >= 15 is 0 Å². The summed E-state index contributed by atoms with van der Waals surface area (Å²) < 4.78 is 0. The fourth-order valence-electron chi connectivity index (χ4n) is 2.13. The van der Waals surface area contributed by atoms with Gasteiger partial charge in [-0.3, -0.25) is 10.7 Å². The smallest absolute Gasteiger partial charge is 0.0365 e.